The lowest BCUT2D eigenvalue weighted by Crippen LogP contribution is -2.13. The molecule has 1 unspecified atom stereocenters. The Balaban J connectivity index is 1.97. The van der Waals surface area contributed by atoms with Crippen molar-refractivity contribution in [1.82, 2.24) is 9.97 Å². The van der Waals surface area contributed by atoms with E-state index in [0.717, 1.165) is 19.6 Å². The smallest absolute Gasteiger partial charge is 0.244 e. The summed E-state index contributed by atoms with van der Waals surface area (Å²) in [5, 5.41) is 0. The van der Waals surface area contributed by atoms with Crippen LogP contribution in [0.2, 0.25) is 0 Å². The first kappa shape index (κ1) is 10.9. The molecule has 1 aliphatic heterocycles. The second-order valence-corrected chi connectivity index (χ2v) is 3.64. The summed E-state index contributed by atoms with van der Waals surface area (Å²) in [5.41, 5.74) is 6.11. The lowest BCUT2D eigenvalue weighted by Gasteiger charge is -2.11. The summed E-state index contributed by atoms with van der Waals surface area (Å²) >= 11 is 0. The van der Waals surface area contributed by atoms with Crippen molar-refractivity contribution < 1.29 is 14.2 Å². The zero-order valence-corrected chi connectivity index (χ0v) is 9.18. The van der Waals surface area contributed by atoms with Gasteiger partial charge in [0.2, 0.25) is 11.8 Å². The van der Waals surface area contributed by atoms with E-state index in [-0.39, 0.29) is 0 Å². The number of anilines is 1. The van der Waals surface area contributed by atoms with Crippen molar-refractivity contribution in [3.8, 4) is 11.8 Å². The van der Waals surface area contributed by atoms with Gasteiger partial charge in [0.15, 0.2) is 5.69 Å². The highest BCUT2D eigenvalue weighted by molar-refractivity contribution is 5.55. The fraction of sp³-hybridized carbons (Fsp3) is 0.600. The summed E-state index contributed by atoms with van der Waals surface area (Å²) in [6, 6.07) is 0. The van der Waals surface area contributed by atoms with Gasteiger partial charge < -0.3 is 19.9 Å². The quantitative estimate of drug-likeness (QED) is 0.803. The number of nitrogens with zero attached hydrogens (tertiary/aromatic N) is 2. The fourth-order valence-electron chi connectivity index (χ4n) is 1.55. The van der Waals surface area contributed by atoms with Crippen LogP contribution in [0.15, 0.2) is 6.33 Å². The van der Waals surface area contributed by atoms with Crippen molar-refractivity contribution in [2.75, 3.05) is 32.7 Å². The van der Waals surface area contributed by atoms with Gasteiger partial charge in [0.1, 0.15) is 6.33 Å². The first-order valence-electron chi connectivity index (χ1n) is 5.16. The molecule has 1 aromatic heterocycles. The number of hydrogen-bond donors (Lipinski definition) is 1. The van der Waals surface area contributed by atoms with Crippen molar-refractivity contribution in [2.45, 2.75) is 6.42 Å². The zero-order valence-electron chi connectivity index (χ0n) is 9.18. The Bertz CT molecular complexity index is 353. The predicted molar refractivity (Wildman–Crippen MR) is 57.4 cm³/mol. The van der Waals surface area contributed by atoms with E-state index >= 15 is 0 Å². The van der Waals surface area contributed by atoms with Crippen molar-refractivity contribution >= 4 is 5.69 Å². The van der Waals surface area contributed by atoms with Gasteiger partial charge >= 0.3 is 0 Å². The average Bonchev–Trinajstić information content (AvgIpc) is 2.81. The van der Waals surface area contributed by atoms with E-state index in [0.29, 0.717) is 30.0 Å². The molecule has 0 saturated carbocycles. The number of nitrogen functional groups attached to an aromatic ring is 1. The summed E-state index contributed by atoms with van der Waals surface area (Å²) in [6.07, 6.45) is 2.39. The van der Waals surface area contributed by atoms with Crippen LogP contribution in [0.5, 0.6) is 11.8 Å². The number of ether oxygens (including phenoxy) is 3. The Hall–Kier alpha value is -1.56. The maximum Gasteiger partial charge on any atom is 0.244 e. The molecule has 6 nitrogen and oxygen atoms in total. The van der Waals surface area contributed by atoms with E-state index in [9.17, 15) is 0 Å². The molecule has 2 rings (SSSR count). The maximum atomic E-state index is 5.77. The first-order chi connectivity index (χ1) is 7.81. The zero-order chi connectivity index (χ0) is 11.4. The molecule has 0 radical (unpaired) electrons. The summed E-state index contributed by atoms with van der Waals surface area (Å²) in [4.78, 5) is 7.84. The minimum Gasteiger partial charge on any atom is -0.479 e. The SMILES string of the molecule is COc1ncnc(OCC2CCOC2)c1N. The fourth-order valence-corrected chi connectivity index (χ4v) is 1.55. The maximum absolute atomic E-state index is 5.77. The van der Waals surface area contributed by atoms with E-state index in [4.69, 9.17) is 19.9 Å². The number of nitrogens with two attached hydrogens (primary N) is 1. The molecule has 0 aliphatic carbocycles. The number of methoxy groups -OCH3 is 1. The third kappa shape index (κ3) is 2.33. The topological polar surface area (TPSA) is 79.5 Å². The second-order valence-electron chi connectivity index (χ2n) is 3.64. The van der Waals surface area contributed by atoms with E-state index in [1.807, 2.05) is 0 Å². The third-order valence-electron chi connectivity index (χ3n) is 2.48. The summed E-state index contributed by atoms with van der Waals surface area (Å²) in [6.45, 7) is 2.10. The van der Waals surface area contributed by atoms with Gasteiger partial charge in [0.05, 0.1) is 20.3 Å². The van der Waals surface area contributed by atoms with Crippen molar-refractivity contribution in [1.29, 1.82) is 0 Å². The minimum absolute atomic E-state index is 0.337. The van der Waals surface area contributed by atoms with Crippen LogP contribution in [0.4, 0.5) is 5.69 Å². The van der Waals surface area contributed by atoms with Gasteiger partial charge in [0.25, 0.3) is 0 Å². The molecular weight excluding hydrogens is 210 g/mol. The molecule has 1 aromatic rings. The van der Waals surface area contributed by atoms with Gasteiger partial charge in [0, 0.05) is 12.5 Å². The molecule has 2 heterocycles. The highest BCUT2D eigenvalue weighted by Gasteiger charge is 2.18. The Morgan fingerprint density at radius 1 is 1.50 bits per heavy atom. The first-order valence-corrected chi connectivity index (χ1v) is 5.16. The molecule has 0 spiro atoms. The van der Waals surface area contributed by atoms with Crippen LogP contribution in [0.3, 0.4) is 0 Å². The molecule has 1 atom stereocenters. The van der Waals surface area contributed by atoms with Gasteiger partial charge in [-0.1, -0.05) is 0 Å². The van der Waals surface area contributed by atoms with E-state index < -0.39 is 0 Å². The van der Waals surface area contributed by atoms with E-state index in [1.54, 1.807) is 0 Å². The normalized spacial score (nSPS) is 19.7. The molecule has 0 aromatic carbocycles. The number of hydrogen-bond acceptors (Lipinski definition) is 6. The molecule has 1 aliphatic rings. The molecule has 1 fully saturated rings. The highest BCUT2D eigenvalue weighted by atomic mass is 16.5. The molecule has 1 saturated heterocycles. The minimum atomic E-state index is 0.337. The molecule has 0 bridgehead atoms. The van der Waals surface area contributed by atoms with Crippen LogP contribution in [0.1, 0.15) is 6.42 Å². The lowest BCUT2D eigenvalue weighted by atomic mass is 10.1. The Morgan fingerprint density at radius 3 is 3.00 bits per heavy atom. The van der Waals surface area contributed by atoms with Gasteiger partial charge in [-0.25, -0.2) is 0 Å². The van der Waals surface area contributed by atoms with Crippen molar-refractivity contribution in [3.63, 3.8) is 0 Å². The van der Waals surface area contributed by atoms with E-state index in [1.165, 1.54) is 13.4 Å². The molecule has 6 heteroatoms. The van der Waals surface area contributed by atoms with Gasteiger partial charge in [-0.15, -0.1) is 0 Å². The largest absolute Gasteiger partial charge is 0.479 e. The van der Waals surface area contributed by atoms with Crippen molar-refractivity contribution in [2.24, 2.45) is 5.92 Å². The highest BCUT2D eigenvalue weighted by Crippen LogP contribution is 2.26. The van der Waals surface area contributed by atoms with Gasteiger partial charge in [-0.2, -0.15) is 9.97 Å². The van der Waals surface area contributed by atoms with Gasteiger partial charge in [-0.3, -0.25) is 0 Å². The van der Waals surface area contributed by atoms with Crippen LogP contribution >= 0.6 is 0 Å². The Kier molecular flexibility index (Phi) is 3.40. The molecule has 0 amide bonds. The number of aromatic nitrogens is 2. The third-order valence-corrected chi connectivity index (χ3v) is 2.48. The van der Waals surface area contributed by atoms with E-state index in [2.05, 4.69) is 9.97 Å². The van der Waals surface area contributed by atoms with Crippen LogP contribution in [0, 0.1) is 5.92 Å². The molecule has 2 N–H and O–H groups in total. The van der Waals surface area contributed by atoms with Gasteiger partial charge in [-0.05, 0) is 6.42 Å². The monoisotopic (exact) mass is 225 g/mol. The summed E-state index contributed by atoms with van der Waals surface area (Å²) in [7, 11) is 1.51. The van der Waals surface area contributed by atoms with Crippen molar-refractivity contribution in [3.05, 3.63) is 6.33 Å². The van der Waals surface area contributed by atoms with Crippen LogP contribution in [-0.2, 0) is 4.74 Å². The molecular formula is C10H15N3O3. The number of rotatable bonds is 4. The standard InChI is InChI=1S/C10H15N3O3/c1-14-9-8(11)10(13-6-12-9)16-5-7-2-3-15-4-7/h6-7H,2-5,11H2,1H3. The molecule has 16 heavy (non-hydrogen) atoms. The van der Waals surface area contributed by atoms with Crippen LogP contribution in [-0.4, -0.2) is 36.9 Å². The average molecular weight is 225 g/mol. The summed E-state index contributed by atoms with van der Waals surface area (Å²) < 4.78 is 15.8. The molecule has 88 valence electrons. The van der Waals surface area contributed by atoms with Crippen LogP contribution < -0.4 is 15.2 Å². The second kappa shape index (κ2) is 4.98. The van der Waals surface area contributed by atoms with Crippen LogP contribution in [0.25, 0.3) is 0 Å². The summed E-state index contributed by atoms with van der Waals surface area (Å²) in [5.74, 6) is 1.13. The Labute approximate surface area is 93.7 Å². The lowest BCUT2D eigenvalue weighted by molar-refractivity contribution is 0.165. The Morgan fingerprint density at radius 2 is 2.31 bits per heavy atom. The predicted octanol–water partition coefficient (Wildman–Crippen LogP) is 0.483.